The van der Waals surface area contributed by atoms with Crippen LogP contribution in [-0.2, 0) is 12.3 Å². The van der Waals surface area contributed by atoms with Gasteiger partial charge in [-0.05, 0) is 25.0 Å². The summed E-state index contributed by atoms with van der Waals surface area (Å²) in [7, 11) is 0. The van der Waals surface area contributed by atoms with Crippen LogP contribution in [0.4, 0.5) is 5.95 Å². The minimum atomic E-state index is -1.07. The summed E-state index contributed by atoms with van der Waals surface area (Å²) in [4.78, 5) is 6.74. The molecule has 126 valence electrons. The predicted octanol–water partition coefficient (Wildman–Crippen LogP) is 3.41. The first-order chi connectivity index (χ1) is 11.7. The lowest BCUT2D eigenvalue weighted by Crippen LogP contribution is -2.50. The van der Waals surface area contributed by atoms with E-state index in [0.717, 1.165) is 24.4 Å². The van der Waals surface area contributed by atoms with Gasteiger partial charge in [0.15, 0.2) is 0 Å². The highest BCUT2D eigenvalue weighted by atomic mass is 35.5. The van der Waals surface area contributed by atoms with Gasteiger partial charge in [-0.2, -0.15) is 0 Å². The topological polar surface area (TPSA) is 40.2 Å². The van der Waals surface area contributed by atoms with Gasteiger partial charge in [0.05, 0.1) is 12.2 Å². The fourth-order valence-corrected chi connectivity index (χ4v) is 4.25. The van der Waals surface area contributed by atoms with Crippen molar-refractivity contribution in [3.63, 3.8) is 0 Å². The van der Waals surface area contributed by atoms with E-state index >= 15 is 0 Å². The molecular weight excluding hydrogens is 322 g/mol. The second kappa shape index (κ2) is 6.34. The zero-order chi connectivity index (χ0) is 16.6. The van der Waals surface area contributed by atoms with Crippen LogP contribution in [0.1, 0.15) is 44.1 Å². The molecule has 2 heterocycles. The molecule has 1 atom stereocenters. The Hall–Kier alpha value is -1.65. The summed E-state index contributed by atoms with van der Waals surface area (Å²) in [6.45, 7) is 0.494. The normalized spacial score (nSPS) is 24.7. The number of hydrogen-bond donors (Lipinski definition) is 1. The van der Waals surface area contributed by atoms with Crippen molar-refractivity contribution in [1.82, 2.24) is 4.98 Å². The lowest BCUT2D eigenvalue weighted by Gasteiger charge is -2.34. The Bertz CT molecular complexity index is 713. The minimum absolute atomic E-state index is 0.317. The third-order valence-electron chi connectivity index (χ3n) is 5.30. The van der Waals surface area contributed by atoms with Crippen LogP contribution in [0.25, 0.3) is 0 Å². The first kappa shape index (κ1) is 15.9. The van der Waals surface area contributed by atoms with Crippen LogP contribution >= 0.6 is 11.6 Å². The third-order valence-corrected chi connectivity index (χ3v) is 5.55. The van der Waals surface area contributed by atoms with Crippen molar-refractivity contribution in [1.29, 1.82) is 0 Å². The van der Waals surface area contributed by atoms with Crippen molar-refractivity contribution in [3.8, 4) is 0 Å². The van der Waals surface area contributed by atoms with E-state index in [9.17, 15) is 5.11 Å². The van der Waals surface area contributed by atoms with Gasteiger partial charge in [0.25, 0.3) is 0 Å². The van der Waals surface area contributed by atoms with E-state index < -0.39 is 5.72 Å². The lowest BCUT2D eigenvalue weighted by atomic mass is 9.97. The Morgan fingerprint density at radius 3 is 2.54 bits per heavy atom. The largest absolute Gasteiger partial charge is 0.397 e. The van der Waals surface area contributed by atoms with Crippen LogP contribution in [0.2, 0.25) is 5.02 Å². The van der Waals surface area contributed by atoms with Gasteiger partial charge in [0.2, 0.25) is 5.72 Å². The Morgan fingerprint density at radius 2 is 1.83 bits per heavy atom. The molecule has 1 fully saturated rings. The maximum Gasteiger partial charge on any atom is 0.397 e. The number of halogens is 1. The molecule has 2 aliphatic rings. The molecule has 2 aromatic rings. The summed E-state index contributed by atoms with van der Waals surface area (Å²) in [6.07, 6.45) is 11.0. The van der Waals surface area contributed by atoms with E-state index in [1.54, 1.807) is 0 Å². The zero-order valence-corrected chi connectivity index (χ0v) is 14.5. The second-order valence-electron chi connectivity index (χ2n) is 6.89. The molecule has 0 radical (unpaired) electrons. The van der Waals surface area contributed by atoms with Crippen molar-refractivity contribution in [2.24, 2.45) is 0 Å². The number of aliphatic hydroxyl groups is 1. The van der Waals surface area contributed by atoms with Gasteiger partial charge < -0.3 is 5.11 Å². The molecule has 1 N–H and O–H groups in total. The smallest absolute Gasteiger partial charge is 0.353 e. The average Bonchev–Trinajstić information content (AvgIpc) is 2.74. The van der Waals surface area contributed by atoms with Gasteiger partial charge >= 0.3 is 5.95 Å². The standard InChI is InChI=1S/C19H23ClN3O/c20-16-10-8-15(9-11-16)19(24)14-22-13-5-12-21-18(22)23(19)17-6-3-1-2-4-7-17/h5,8-13,17,24H,1-4,6-7,14H2/q+1/t19-/m1/s1. The highest BCUT2D eigenvalue weighted by molar-refractivity contribution is 6.30. The monoisotopic (exact) mass is 344 g/mol. The molecular formula is C19H23ClN3O+. The molecule has 0 saturated heterocycles. The van der Waals surface area contributed by atoms with Crippen LogP contribution in [-0.4, -0.2) is 16.1 Å². The van der Waals surface area contributed by atoms with Gasteiger partial charge in [-0.15, -0.1) is 0 Å². The van der Waals surface area contributed by atoms with E-state index in [1.165, 1.54) is 25.7 Å². The fraction of sp³-hybridized carbons (Fsp3) is 0.474. The zero-order valence-electron chi connectivity index (χ0n) is 13.7. The summed E-state index contributed by atoms with van der Waals surface area (Å²) < 4.78 is 2.06. The molecule has 1 aliphatic carbocycles. The van der Waals surface area contributed by atoms with E-state index in [-0.39, 0.29) is 0 Å². The van der Waals surface area contributed by atoms with E-state index in [1.807, 2.05) is 42.7 Å². The minimum Gasteiger partial charge on any atom is -0.353 e. The Morgan fingerprint density at radius 1 is 1.12 bits per heavy atom. The number of aromatic nitrogens is 2. The molecule has 0 unspecified atom stereocenters. The highest BCUT2D eigenvalue weighted by Crippen LogP contribution is 2.39. The van der Waals surface area contributed by atoms with Crippen molar-refractivity contribution in [3.05, 3.63) is 53.3 Å². The molecule has 4 nitrogen and oxygen atoms in total. The third kappa shape index (κ3) is 2.68. The summed E-state index contributed by atoms with van der Waals surface area (Å²) in [5, 5.41) is 12.4. The molecule has 1 saturated carbocycles. The number of hydrogen-bond acceptors (Lipinski definition) is 3. The van der Waals surface area contributed by atoms with Crippen LogP contribution in [0, 0.1) is 0 Å². The molecule has 4 rings (SSSR count). The predicted molar refractivity (Wildman–Crippen MR) is 93.7 cm³/mol. The number of fused-ring (bicyclic) bond motifs is 1. The van der Waals surface area contributed by atoms with Gasteiger partial charge in [0, 0.05) is 16.7 Å². The molecule has 0 spiro atoms. The molecule has 0 amide bonds. The summed E-state index contributed by atoms with van der Waals surface area (Å²) in [5.41, 5.74) is -0.192. The van der Waals surface area contributed by atoms with Crippen LogP contribution in [0.3, 0.4) is 0 Å². The summed E-state index contributed by atoms with van der Waals surface area (Å²) in [6, 6.07) is 9.79. The van der Waals surface area contributed by atoms with Crippen LogP contribution < -0.4 is 9.47 Å². The number of rotatable bonds is 2. The van der Waals surface area contributed by atoms with Crippen molar-refractivity contribution >= 4 is 17.5 Å². The molecule has 0 bridgehead atoms. The van der Waals surface area contributed by atoms with Gasteiger partial charge in [-0.3, -0.25) is 0 Å². The Labute approximate surface area is 147 Å². The second-order valence-corrected chi connectivity index (χ2v) is 7.32. The molecule has 1 aliphatic heterocycles. The number of anilines is 1. The number of nitrogens with zero attached hydrogens (tertiary/aromatic N) is 3. The number of benzene rings is 1. The first-order valence-electron chi connectivity index (χ1n) is 8.81. The fourth-order valence-electron chi connectivity index (χ4n) is 4.12. The van der Waals surface area contributed by atoms with Crippen LogP contribution in [0.5, 0.6) is 0 Å². The van der Waals surface area contributed by atoms with Crippen molar-refractivity contribution < 1.29 is 9.67 Å². The molecule has 1 aromatic carbocycles. The van der Waals surface area contributed by atoms with Gasteiger partial charge in [-0.25, -0.2) is 9.47 Å². The molecule has 5 heteroatoms. The van der Waals surface area contributed by atoms with Crippen LogP contribution in [0.15, 0.2) is 42.7 Å². The highest BCUT2D eigenvalue weighted by Gasteiger charge is 2.54. The van der Waals surface area contributed by atoms with Crippen molar-refractivity contribution in [2.75, 3.05) is 4.90 Å². The maximum atomic E-state index is 11.7. The molecule has 24 heavy (non-hydrogen) atoms. The quantitative estimate of drug-likeness (QED) is 0.670. The summed E-state index contributed by atoms with van der Waals surface area (Å²) >= 11 is 6.05. The van der Waals surface area contributed by atoms with Gasteiger partial charge in [0.1, 0.15) is 12.7 Å². The Balaban J connectivity index is 1.78. The maximum absolute atomic E-state index is 11.7. The van der Waals surface area contributed by atoms with E-state index in [0.29, 0.717) is 17.6 Å². The summed E-state index contributed by atoms with van der Waals surface area (Å²) in [5.74, 6) is 0.863. The lowest BCUT2D eigenvalue weighted by molar-refractivity contribution is -0.685. The SMILES string of the molecule is O[C@@]1(c2ccc(Cl)cc2)C[n+]2cccnc2N1C1CCCCCC1. The molecule has 1 aromatic heterocycles. The van der Waals surface area contributed by atoms with E-state index in [2.05, 4.69) is 14.5 Å². The van der Waals surface area contributed by atoms with Crippen molar-refractivity contribution in [2.45, 2.75) is 56.8 Å². The average molecular weight is 345 g/mol. The van der Waals surface area contributed by atoms with Gasteiger partial charge in [-0.1, -0.05) is 54.4 Å². The Kier molecular flexibility index (Phi) is 4.19. The van der Waals surface area contributed by atoms with E-state index in [4.69, 9.17) is 11.6 Å². The first-order valence-corrected chi connectivity index (χ1v) is 9.18.